The molecule has 0 radical (unpaired) electrons. The lowest BCUT2D eigenvalue weighted by Crippen LogP contribution is -2.42. The van der Waals surface area contributed by atoms with E-state index in [2.05, 4.69) is 10.3 Å². The molecule has 0 aromatic carbocycles. The third kappa shape index (κ3) is 3.60. The number of methoxy groups -OCH3 is 1. The molecule has 0 amide bonds. The molecule has 1 fully saturated rings. The number of pyridine rings is 1. The second kappa shape index (κ2) is 6.71. The Morgan fingerprint density at radius 3 is 2.86 bits per heavy atom. The van der Waals surface area contributed by atoms with Crippen molar-refractivity contribution in [3.8, 4) is 5.88 Å². The van der Waals surface area contributed by atoms with Crippen LogP contribution >= 0.6 is 0 Å². The van der Waals surface area contributed by atoms with Crippen molar-refractivity contribution >= 4 is 11.5 Å². The summed E-state index contributed by atoms with van der Waals surface area (Å²) < 4.78 is 5.11. The number of nitrogens with zero attached hydrogens (tertiary/aromatic N) is 3. The lowest BCUT2D eigenvalue weighted by molar-refractivity contribution is -0.384. The summed E-state index contributed by atoms with van der Waals surface area (Å²) in [6, 6.07) is 3.44. The first-order valence-electron chi connectivity index (χ1n) is 7.22. The molecule has 21 heavy (non-hydrogen) atoms. The second-order valence-electron chi connectivity index (χ2n) is 5.49. The van der Waals surface area contributed by atoms with Crippen LogP contribution in [0.15, 0.2) is 12.1 Å². The van der Waals surface area contributed by atoms with E-state index in [1.165, 1.54) is 19.2 Å². The Morgan fingerprint density at radius 1 is 1.57 bits per heavy atom. The molecule has 1 aliphatic heterocycles. The van der Waals surface area contributed by atoms with Crippen LogP contribution in [0, 0.1) is 10.1 Å². The highest BCUT2D eigenvalue weighted by Crippen LogP contribution is 2.30. The summed E-state index contributed by atoms with van der Waals surface area (Å²) in [5.41, 5.74) is 0.0162. The summed E-state index contributed by atoms with van der Waals surface area (Å²) in [5.74, 6) is 0.767. The van der Waals surface area contributed by atoms with Gasteiger partial charge in [0, 0.05) is 30.8 Å². The normalized spacial score (nSPS) is 18.0. The predicted molar refractivity (Wildman–Crippen MR) is 81.0 cm³/mol. The molecule has 1 aromatic rings. The van der Waals surface area contributed by atoms with Gasteiger partial charge in [0.25, 0.3) is 0 Å². The van der Waals surface area contributed by atoms with Crippen LogP contribution in [0.5, 0.6) is 5.88 Å². The van der Waals surface area contributed by atoms with E-state index in [0.29, 0.717) is 24.3 Å². The fourth-order valence-corrected chi connectivity index (χ4v) is 2.58. The van der Waals surface area contributed by atoms with Gasteiger partial charge < -0.3 is 15.0 Å². The Kier molecular flexibility index (Phi) is 4.95. The molecule has 1 saturated heterocycles. The maximum absolute atomic E-state index is 11.3. The number of nitro groups is 1. The van der Waals surface area contributed by atoms with Crippen molar-refractivity contribution in [1.82, 2.24) is 10.3 Å². The average molecular weight is 294 g/mol. The standard InChI is InChI=1S/C14H22N4O3/c1-10(2)17(9-11-5-4-8-15-11)14-12(18(19)20)6-7-13(16-14)21-3/h6-7,10-11,15H,4-5,8-9H2,1-3H3. The summed E-state index contributed by atoms with van der Waals surface area (Å²) in [5, 5.41) is 14.7. The number of hydrogen-bond acceptors (Lipinski definition) is 6. The van der Waals surface area contributed by atoms with E-state index < -0.39 is 0 Å². The molecular formula is C14H22N4O3. The zero-order valence-electron chi connectivity index (χ0n) is 12.7. The molecule has 1 unspecified atom stereocenters. The molecule has 0 spiro atoms. The van der Waals surface area contributed by atoms with Crippen LogP contribution in [0.2, 0.25) is 0 Å². The van der Waals surface area contributed by atoms with Gasteiger partial charge in [-0.05, 0) is 33.2 Å². The Labute approximate surface area is 124 Å². The van der Waals surface area contributed by atoms with Gasteiger partial charge in [-0.1, -0.05) is 0 Å². The van der Waals surface area contributed by atoms with E-state index >= 15 is 0 Å². The van der Waals surface area contributed by atoms with Crippen LogP contribution in [0.3, 0.4) is 0 Å². The van der Waals surface area contributed by atoms with Gasteiger partial charge in [-0.25, -0.2) is 0 Å². The Morgan fingerprint density at radius 2 is 2.33 bits per heavy atom. The first-order chi connectivity index (χ1) is 10.0. The summed E-state index contributed by atoms with van der Waals surface area (Å²) >= 11 is 0. The molecule has 116 valence electrons. The molecule has 0 saturated carbocycles. The first-order valence-corrected chi connectivity index (χ1v) is 7.22. The Bertz CT molecular complexity index is 501. The predicted octanol–water partition coefficient (Wildman–Crippen LogP) is 1.97. The van der Waals surface area contributed by atoms with Gasteiger partial charge in [0.05, 0.1) is 12.0 Å². The number of rotatable bonds is 6. The van der Waals surface area contributed by atoms with Crippen LogP contribution in [0.1, 0.15) is 26.7 Å². The number of aromatic nitrogens is 1. The monoisotopic (exact) mass is 294 g/mol. The van der Waals surface area contributed by atoms with Crippen LogP contribution in [-0.4, -0.2) is 42.2 Å². The van der Waals surface area contributed by atoms with Crippen molar-refractivity contribution < 1.29 is 9.66 Å². The fraction of sp³-hybridized carbons (Fsp3) is 0.643. The van der Waals surface area contributed by atoms with Gasteiger partial charge in [-0.3, -0.25) is 10.1 Å². The SMILES string of the molecule is COc1ccc([N+](=O)[O-])c(N(CC2CCCN2)C(C)C)n1. The van der Waals surface area contributed by atoms with Crippen molar-refractivity contribution in [3.63, 3.8) is 0 Å². The van der Waals surface area contributed by atoms with E-state index in [9.17, 15) is 10.1 Å². The molecular weight excluding hydrogens is 272 g/mol. The van der Waals surface area contributed by atoms with Crippen LogP contribution in [0.4, 0.5) is 11.5 Å². The Hall–Kier alpha value is -1.89. The molecule has 7 heteroatoms. The van der Waals surface area contributed by atoms with Crippen molar-refractivity contribution in [3.05, 3.63) is 22.2 Å². The van der Waals surface area contributed by atoms with E-state index in [4.69, 9.17) is 4.74 Å². The lowest BCUT2D eigenvalue weighted by Gasteiger charge is -2.30. The minimum Gasteiger partial charge on any atom is -0.481 e. The maximum atomic E-state index is 11.3. The summed E-state index contributed by atoms with van der Waals surface area (Å²) in [7, 11) is 1.51. The molecule has 0 bridgehead atoms. The molecule has 1 atom stereocenters. The zero-order chi connectivity index (χ0) is 15.4. The molecule has 1 aromatic heterocycles. The highest BCUT2D eigenvalue weighted by molar-refractivity contribution is 5.59. The number of ether oxygens (including phenoxy) is 1. The molecule has 2 heterocycles. The van der Waals surface area contributed by atoms with Crippen molar-refractivity contribution in [2.45, 2.75) is 38.8 Å². The van der Waals surface area contributed by atoms with Crippen LogP contribution in [-0.2, 0) is 0 Å². The minimum absolute atomic E-state index is 0.0162. The zero-order valence-corrected chi connectivity index (χ0v) is 12.7. The molecule has 7 nitrogen and oxygen atoms in total. The third-order valence-electron chi connectivity index (χ3n) is 3.71. The summed E-state index contributed by atoms with van der Waals surface area (Å²) in [6.07, 6.45) is 2.23. The number of hydrogen-bond donors (Lipinski definition) is 1. The Balaban J connectivity index is 2.34. The average Bonchev–Trinajstić information content (AvgIpc) is 2.96. The highest BCUT2D eigenvalue weighted by atomic mass is 16.6. The van der Waals surface area contributed by atoms with Crippen molar-refractivity contribution in [1.29, 1.82) is 0 Å². The minimum atomic E-state index is -0.390. The number of anilines is 1. The van der Waals surface area contributed by atoms with Gasteiger partial charge >= 0.3 is 5.69 Å². The van der Waals surface area contributed by atoms with Gasteiger partial charge in [0.2, 0.25) is 11.7 Å². The third-order valence-corrected chi connectivity index (χ3v) is 3.71. The largest absolute Gasteiger partial charge is 0.481 e. The van der Waals surface area contributed by atoms with E-state index in [-0.39, 0.29) is 16.7 Å². The van der Waals surface area contributed by atoms with Gasteiger partial charge in [-0.2, -0.15) is 4.98 Å². The molecule has 0 aliphatic carbocycles. The molecule has 1 aliphatic rings. The lowest BCUT2D eigenvalue weighted by atomic mass is 10.2. The smallest absolute Gasteiger partial charge is 0.311 e. The van der Waals surface area contributed by atoms with Crippen LogP contribution < -0.4 is 15.0 Å². The van der Waals surface area contributed by atoms with Crippen molar-refractivity contribution in [2.75, 3.05) is 25.1 Å². The van der Waals surface area contributed by atoms with Crippen molar-refractivity contribution in [2.24, 2.45) is 0 Å². The van der Waals surface area contributed by atoms with E-state index in [0.717, 1.165) is 19.4 Å². The molecule has 2 rings (SSSR count). The van der Waals surface area contributed by atoms with E-state index in [1.807, 2.05) is 18.7 Å². The second-order valence-corrected chi connectivity index (χ2v) is 5.49. The first kappa shape index (κ1) is 15.5. The quantitative estimate of drug-likeness (QED) is 0.638. The molecule has 1 N–H and O–H groups in total. The van der Waals surface area contributed by atoms with Crippen LogP contribution in [0.25, 0.3) is 0 Å². The topological polar surface area (TPSA) is 80.5 Å². The summed E-state index contributed by atoms with van der Waals surface area (Å²) in [6.45, 7) is 5.74. The maximum Gasteiger partial charge on any atom is 0.311 e. The fourth-order valence-electron chi connectivity index (χ4n) is 2.58. The summed E-state index contributed by atoms with van der Waals surface area (Å²) in [4.78, 5) is 17.2. The van der Waals surface area contributed by atoms with Gasteiger partial charge in [-0.15, -0.1) is 0 Å². The number of nitrogens with one attached hydrogen (secondary N) is 1. The highest BCUT2D eigenvalue weighted by Gasteiger charge is 2.27. The van der Waals surface area contributed by atoms with Gasteiger partial charge in [0.1, 0.15) is 0 Å². The van der Waals surface area contributed by atoms with Gasteiger partial charge in [0.15, 0.2) is 0 Å². The van der Waals surface area contributed by atoms with E-state index in [1.54, 1.807) is 0 Å².